The van der Waals surface area contributed by atoms with Crippen LogP contribution in [0.2, 0.25) is 0 Å². The molecule has 1 saturated heterocycles. The second-order valence-electron chi connectivity index (χ2n) is 5.38. The molecule has 1 aliphatic heterocycles. The molecule has 0 aliphatic carbocycles. The second kappa shape index (κ2) is 7.71. The topological polar surface area (TPSA) is 86.7 Å². The highest BCUT2D eigenvalue weighted by Gasteiger charge is 2.32. The Kier molecular flexibility index (Phi) is 5.93. The lowest BCUT2D eigenvalue weighted by molar-refractivity contribution is -0.126. The number of sulfonamides is 1. The summed E-state index contributed by atoms with van der Waals surface area (Å²) >= 11 is 0. The molecule has 7 heteroatoms. The van der Waals surface area contributed by atoms with Crippen molar-refractivity contribution in [3.05, 3.63) is 30.3 Å². The van der Waals surface area contributed by atoms with E-state index >= 15 is 0 Å². The van der Waals surface area contributed by atoms with Crippen molar-refractivity contribution >= 4 is 15.9 Å². The summed E-state index contributed by atoms with van der Waals surface area (Å²) in [7, 11) is -3.54. The quantitative estimate of drug-likeness (QED) is 0.749. The van der Waals surface area contributed by atoms with Gasteiger partial charge in [0.2, 0.25) is 15.9 Å². The molecule has 122 valence electrons. The van der Waals surface area contributed by atoms with E-state index in [4.69, 9.17) is 5.11 Å². The van der Waals surface area contributed by atoms with Gasteiger partial charge in [0.05, 0.1) is 10.8 Å². The number of rotatable bonds is 6. The van der Waals surface area contributed by atoms with Gasteiger partial charge in [-0.15, -0.1) is 0 Å². The zero-order valence-electron chi connectivity index (χ0n) is 12.4. The second-order valence-corrected chi connectivity index (χ2v) is 7.32. The average molecular weight is 326 g/mol. The summed E-state index contributed by atoms with van der Waals surface area (Å²) in [4.78, 5) is 12.3. The van der Waals surface area contributed by atoms with Gasteiger partial charge in [0, 0.05) is 26.2 Å². The van der Waals surface area contributed by atoms with Crippen molar-refractivity contribution in [3.63, 3.8) is 0 Å². The van der Waals surface area contributed by atoms with Crippen LogP contribution in [-0.2, 0) is 14.8 Å². The molecular weight excluding hydrogens is 304 g/mol. The number of carbonyl (C=O) groups is 1. The van der Waals surface area contributed by atoms with E-state index in [0.29, 0.717) is 32.4 Å². The fraction of sp³-hybridized carbons (Fsp3) is 0.533. The lowest BCUT2D eigenvalue weighted by Crippen LogP contribution is -2.45. The number of piperidine rings is 1. The molecule has 1 heterocycles. The number of aliphatic hydroxyl groups is 1. The van der Waals surface area contributed by atoms with Crippen molar-refractivity contribution in [1.29, 1.82) is 0 Å². The van der Waals surface area contributed by atoms with E-state index in [1.54, 1.807) is 30.3 Å². The predicted octanol–water partition coefficient (Wildman–Crippen LogP) is 0.586. The number of amides is 1. The Hall–Kier alpha value is -1.44. The first-order valence-corrected chi connectivity index (χ1v) is 8.93. The Labute approximate surface area is 131 Å². The summed E-state index contributed by atoms with van der Waals surface area (Å²) in [5.41, 5.74) is 0. The standard InChI is InChI=1S/C15H22N2O4S/c18-11-5-9-16-15(19)13-6-4-10-17(12-13)22(20,21)14-7-2-1-3-8-14/h1-3,7-8,13,18H,4-6,9-12H2,(H,16,19)/t13-/m1/s1. The third-order valence-electron chi connectivity index (χ3n) is 3.77. The lowest BCUT2D eigenvalue weighted by atomic mass is 9.99. The van der Waals surface area contributed by atoms with Gasteiger partial charge in [-0.05, 0) is 31.4 Å². The Morgan fingerprint density at radius 1 is 1.32 bits per heavy atom. The summed E-state index contributed by atoms with van der Waals surface area (Å²) < 4.78 is 26.5. The molecule has 0 unspecified atom stereocenters. The van der Waals surface area contributed by atoms with Gasteiger partial charge in [-0.2, -0.15) is 4.31 Å². The third kappa shape index (κ3) is 4.06. The van der Waals surface area contributed by atoms with Crippen LogP contribution in [0.1, 0.15) is 19.3 Å². The minimum atomic E-state index is -3.54. The molecule has 2 rings (SSSR count). The molecular formula is C15H22N2O4S. The zero-order chi connectivity index (χ0) is 16.0. The minimum absolute atomic E-state index is 0.0272. The maximum Gasteiger partial charge on any atom is 0.243 e. The van der Waals surface area contributed by atoms with Crippen LogP contribution in [0.3, 0.4) is 0 Å². The molecule has 1 aliphatic rings. The fourth-order valence-corrected chi connectivity index (χ4v) is 4.10. The Balaban J connectivity index is 2.03. The van der Waals surface area contributed by atoms with Crippen LogP contribution in [0.25, 0.3) is 0 Å². The molecule has 1 atom stereocenters. The molecule has 2 N–H and O–H groups in total. The van der Waals surface area contributed by atoms with Crippen molar-refractivity contribution < 1.29 is 18.3 Å². The van der Waals surface area contributed by atoms with Crippen LogP contribution in [-0.4, -0.2) is 50.0 Å². The highest BCUT2D eigenvalue weighted by atomic mass is 32.2. The molecule has 0 radical (unpaired) electrons. The molecule has 1 aromatic carbocycles. The molecule has 0 bridgehead atoms. The zero-order valence-corrected chi connectivity index (χ0v) is 13.3. The van der Waals surface area contributed by atoms with E-state index in [1.165, 1.54) is 4.31 Å². The SMILES string of the molecule is O=C(NCCCO)[C@@H]1CCCN(S(=O)(=O)c2ccccc2)C1. The van der Waals surface area contributed by atoms with Crippen molar-refractivity contribution in [3.8, 4) is 0 Å². The largest absolute Gasteiger partial charge is 0.396 e. The van der Waals surface area contributed by atoms with Crippen LogP contribution in [0.15, 0.2) is 35.2 Å². The molecule has 1 aromatic rings. The van der Waals surface area contributed by atoms with Gasteiger partial charge in [-0.25, -0.2) is 8.42 Å². The molecule has 1 amide bonds. The van der Waals surface area contributed by atoms with Gasteiger partial charge in [-0.1, -0.05) is 18.2 Å². The van der Waals surface area contributed by atoms with Gasteiger partial charge in [0.15, 0.2) is 0 Å². The van der Waals surface area contributed by atoms with Gasteiger partial charge in [-0.3, -0.25) is 4.79 Å². The fourth-order valence-electron chi connectivity index (χ4n) is 2.55. The van der Waals surface area contributed by atoms with Crippen LogP contribution in [0.4, 0.5) is 0 Å². The third-order valence-corrected chi connectivity index (χ3v) is 5.65. The molecule has 6 nitrogen and oxygen atoms in total. The molecule has 1 fully saturated rings. The smallest absolute Gasteiger partial charge is 0.243 e. The van der Waals surface area contributed by atoms with Crippen LogP contribution >= 0.6 is 0 Å². The predicted molar refractivity (Wildman–Crippen MR) is 82.6 cm³/mol. The summed E-state index contributed by atoms with van der Waals surface area (Å²) in [5.74, 6) is -0.465. The summed E-state index contributed by atoms with van der Waals surface area (Å²) in [6.07, 6.45) is 1.86. The number of nitrogens with one attached hydrogen (secondary N) is 1. The normalized spacial score (nSPS) is 19.8. The van der Waals surface area contributed by atoms with E-state index in [1.807, 2.05) is 0 Å². The number of aliphatic hydroxyl groups excluding tert-OH is 1. The number of hydrogen-bond acceptors (Lipinski definition) is 4. The molecule has 0 aromatic heterocycles. The van der Waals surface area contributed by atoms with Crippen molar-refractivity contribution in [2.75, 3.05) is 26.2 Å². The highest BCUT2D eigenvalue weighted by molar-refractivity contribution is 7.89. The van der Waals surface area contributed by atoms with Crippen molar-refractivity contribution in [1.82, 2.24) is 9.62 Å². The number of hydrogen-bond donors (Lipinski definition) is 2. The average Bonchev–Trinajstić information content (AvgIpc) is 2.56. The van der Waals surface area contributed by atoms with Crippen LogP contribution in [0.5, 0.6) is 0 Å². The Morgan fingerprint density at radius 2 is 2.05 bits per heavy atom. The number of nitrogens with zero attached hydrogens (tertiary/aromatic N) is 1. The number of carbonyl (C=O) groups excluding carboxylic acids is 1. The van der Waals surface area contributed by atoms with E-state index in [2.05, 4.69) is 5.32 Å². The van der Waals surface area contributed by atoms with Gasteiger partial charge in [0.25, 0.3) is 0 Å². The van der Waals surface area contributed by atoms with E-state index in [0.717, 1.165) is 0 Å². The Bertz CT molecular complexity index is 589. The molecule has 0 saturated carbocycles. The van der Waals surface area contributed by atoms with Crippen LogP contribution in [0, 0.1) is 5.92 Å². The lowest BCUT2D eigenvalue weighted by Gasteiger charge is -2.31. The highest BCUT2D eigenvalue weighted by Crippen LogP contribution is 2.23. The monoisotopic (exact) mass is 326 g/mol. The van der Waals surface area contributed by atoms with Gasteiger partial charge >= 0.3 is 0 Å². The first-order chi connectivity index (χ1) is 10.6. The van der Waals surface area contributed by atoms with E-state index in [9.17, 15) is 13.2 Å². The first-order valence-electron chi connectivity index (χ1n) is 7.49. The summed E-state index contributed by atoms with van der Waals surface area (Å²) in [6, 6.07) is 8.29. The summed E-state index contributed by atoms with van der Waals surface area (Å²) in [5, 5.41) is 11.5. The van der Waals surface area contributed by atoms with E-state index < -0.39 is 10.0 Å². The molecule has 0 spiro atoms. The maximum atomic E-state index is 12.6. The van der Waals surface area contributed by atoms with Gasteiger partial charge < -0.3 is 10.4 Å². The first kappa shape index (κ1) is 16.9. The van der Waals surface area contributed by atoms with Crippen LogP contribution < -0.4 is 5.32 Å². The van der Waals surface area contributed by atoms with Crippen molar-refractivity contribution in [2.24, 2.45) is 5.92 Å². The Morgan fingerprint density at radius 3 is 2.73 bits per heavy atom. The maximum absolute atomic E-state index is 12.6. The molecule has 22 heavy (non-hydrogen) atoms. The summed E-state index contributed by atoms with van der Waals surface area (Å²) in [6.45, 7) is 1.09. The van der Waals surface area contributed by atoms with Gasteiger partial charge in [0.1, 0.15) is 0 Å². The minimum Gasteiger partial charge on any atom is -0.396 e. The number of benzene rings is 1. The van der Waals surface area contributed by atoms with Crippen molar-refractivity contribution in [2.45, 2.75) is 24.2 Å². The van der Waals surface area contributed by atoms with E-state index in [-0.39, 0.29) is 29.9 Å².